The summed E-state index contributed by atoms with van der Waals surface area (Å²) in [7, 11) is 0. The summed E-state index contributed by atoms with van der Waals surface area (Å²) in [6.45, 7) is 8.46. The topological polar surface area (TPSA) is 59.3 Å². The summed E-state index contributed by atoms with van der Waals surface area (Å²) in [5.74, 6) is -0.265. The Hall–Kier alpha value is -3.54. The van der Waals surface area contributed by atoms with Gasteiger partial charge in [-0.2, -0.15) is 5.10 Å². The molecule has 0 aliphatic carbocycles. The fraction of sp³-hybridized carbons (Fsp3) is 0.269. The number of aromatic nitrogens is 3. The Morgan fingerprint density at radius 3 is 2.34 bits per heavy atom. The Labute approximate surface area is 187 Å². The van der Waals surface area contributed by atoms with Gasteiger partial charge in [0.1, 0.15) is 5.82 Å². The van der Waals surface area contributed by atoms with E-state index in [1.165, 1.54) is 17.7 Å². The Morgan fingerprint density at radius 1 is 0.969 bits per heavy atom. The van der Waals surface area contributed by atoms with Crippen molar-refractivity contribution in [2.24, 2.45) is 0 Å². The second-order valence-corrected chi connectivity index (χ2v) is 8.23. The average Bonchev–Trinajstić information content (AvgIpc) is 3.10. The Kier molecular flexibility index (Phi) is 6.04. The van der Waals surface area contributed by atoms with Gasteiger partial charge in [0.15, 0.2) is 5.65 Å². The van der Waals surface area contributed by atoms with Crippen molar-refractivity contribution in [1.29, 1.82) is 0 Å². The Balaban J connectivity index is 1.53. The highest BCUT2D eigenvalue weighted by Gasteiger charge is 2.18. The summed E-state index contributed by atoms with van der Waals surface area (Å²) < 4.78 is 15.2. The van der Waals surface area contributed by atoms with Gasteiger partial charge in [0.2, 0.25) is 5.91 Å². The van der Waals surface area contributed by atoms with Gasteiger partial charge >= 0.3 is 0 Å². The van der Waals surface area contributed by atoms with E-state index in [9.17, 15) is 9.18 Å². The average molecular weight is 431 g/mol. The maximum atomic E-state index is 13.4. The van der Waals surface area contributed by atoms with Crippen LogP contribution in [-0.2, 0) is 17.8 Å². The Morgan fingerprint density at radius 2 is 1.66 bits per heavy atom. The molecule has 0 spiro atoms. The molecular formula is C26H27FN4O. The van der Waals surface area contributed by atoms with Crippen LogP contribution in [0.4, 0.5) is 4.39 Å². The van der Waals surface area contributed by atoms with E-state index in [1.54, 1.807) is 12.1 Å². The monoisotopic (exact) mass is 430 g/mol. The van der Waals surface area contributed by atoms with Gasteiger partial charge < -0.3 is 5.32 Å². The molecule has 32 heavy (non-hydrogen) atoms. The first-order valence-electron chi connectivity index (χ1n) is 10.8. The molecule has 0 fully saturated rings. The van der Waals surface area contributed by atoms with Crippen molar-refractivity contribution in [2.75, 3.05) is 0 Å². The van der Waals surface area contributed by atoms with Crippen LogP contribution in [0.15, 0.2) is 48.5 Å². The summed E-state index contributed by atoms with van der Waals surface area (Å²) in [6, 6.07) is 14.5. The van der Waals surface area contributed by atoms with E-state index in [4.69, 9.17) is 4.98 Å². The van der Waals surface area contributed by atoms with Crippen molar-refractivity contribution in [1.82, 2.24) is 19.9 Å². The molecule has 1 N–H and O–H groups in total. The van der Waals surface area contributed by atoms with Crippen molar-refractivity contribution in [3.05, 3.63) is 88.1 Å². The molecule has 6 heteroatoms. The zero-order chi connectivity index (χ0) is 22.8. The van der Waals surface area contributed by atoms with Crippen molar-refractivity contribution in [3.63, 3.8) is 0 Å². The SMILES string of the molecule is Cc1ccc(CNC(=O)CCc2c(C)nc3c(-c4ccc(F)cc4)c(C)nn3c2C)cc1. The van der Waals surface area contributed by atoms with E-state index in [0.29, 0.717) is 19.4 Å². The number of rotatable bonds is 6. The van der Waals surface area contributed by atoms with Crippen LogP contribution in [0.25, 0.3) is 16.8 Å². The molecule has 2 heterocycles. The standard InChI is InChI=1S/C26H27FN4O/c1-16-5-7-20(8-6-16)15-28-24(32)14-13-23-17(2)29-26-25(18(3)30-31(26)19(23)4)21-9-11-22(27)12-10-21/h5-12H,13-15H2,1-4H3,(H,28,32). The second kappa shape index (κ2) is 8.91. The van der Waals surface area contributed by atoms with Gasteiger partial charge in [0, 0.05) is 29.9 Å². The minimum atomic E-state index is -0.272. The minimum absolute atomic E-state index is 0.00752. The van der Waals surface area contributed by atoms with Crippen LogP contribution in [0.5, 0.6) is 0 Å². The van der Waals surface area contributed by atoms with E-state index < -0.39 is 0 Å². The molecule has 1 amide bonds. The number of halogens is 1. The lowest BCUT2D eigenvalue weighted by atomic mass is 10.0. The molecular weight excluding hydrogens is 403 g/mol. The van der Waals surface area contributed by atoms with Crippen LogP contribution in [0.2, 0.25) is 0 Å². The van der Waals surface area contributed by atoms with Gasteiger partial charge in [-0.3, -0.25) is 4.79 Å². The highest BCUT2D eigenvalue weighted by molar-refractivity contribution is 5.80. The third-order valence-electron chi connectivity index (χ3n) is 5.85. The molecule has 0 unspecified atom stereocenters. The second-order valence-electron chi connectivity index (χ2n) is 8.23. The van der Waals surface area contributed by atoms with Crippen molar-refractivity contribution < 1.29 is 9.18 Å². The number of hydrogen-bond acceptors (Lipinski definition) is 3. The molecule has 0 saturated heterocycles. The summed E-state index contributed by atoms with van der Waals surface area (Å²) in [4.78, 5) is 17.2. The fourth-order valence-electron chi connectivity index (χ4n) is 4.02. The lowest BCUT2D eigenvalue weighted by Crippen LogP contribution is -2.23. The van der Waals surface area contributed by atoms with Gasteiger partial charge in [0.25, 0.3) is 0 Å². The number of carbonyl (C=O) groups excluding carboxylic acids is 1. The van der Waals surface area contributed by atoms with Crippen LogP contribution in [0, 0.1) is 33.5 Å². The predicted octanol–water partition coefficient (Wildman–Crippen LogP) is 5.02. The fourth-order valence-corrected chi connectivity index (χ4v) is 4.02. The molecule has 164 valence electrons. The first-order chi connectivity index (χ1) is 15.3. The number of hydrogen-bond donors (Lipinski definition) is 1. The van der Waals surface area contributed by atoms with E-state index >= 15 is 0 Å². The third-order valence-corrected chi connectivity index (χ3v) is 5.85. The number of nitrogens with zero attached hydrogens (tertiary/aromatic N) is 3. The van der Waals surface area contributed by atoms with Gasteiger partial charge in [-0.15, -0.1) is 0 Å². The summed E-state index contributed by atoms with van der Waals surface area (Å²) >= 11 is 0. The van der Waals surface area contributed by atoms with Crippen molar-refractivity contribution >= 4 is 11.6 Å². The first kappa shape index (κ1) is 21.7. The number of benzene rings is 2. The number of carbonyl (C=O) groups is 1. The van der Waals surface area contributed by atoms with Gasteiger partial charge in [-0.1, -0.05) is 42.0 Å². The van der Waals surface area contributed by atoms with Crippen LogP contribution in [0.1, 0.15) is 40.2 Å². The molecule has 0 saturated carbocycles. The largest absolute Gasteiger partial charge is 0.352 e. The van der Waals surface area contributed by atoms with E-state index in [0.717, 1.165) is 45.0 Å². The zero-order valence-corrected chi connectivity index (χ0v) is 18.9. The normalized spacial score (nSPS) is 11.2. The van der Waals surface area contributed by atoms with E-state index in [1.807, 2.05) is 56.5 Å². The highest BCUT2D eigenvalue weighted by atomic mass is 19.1. The number of nitrogens with one attached hydrogen (secondary N) is 1. The van der Waals surface area contributed by atoms with Crippen LogP contribution < -0.4 is 5.32 Å². The van der Waals surface area contributed by atoms with E-state index in [-0.39, 0.29) is 11.7 Å². The number of aryl methyl sites for hydroxylation is 4. The number of amides is 1. The third kappa shape index (κ3) is 4.40. The lowest BCUT2D eigenvalue weighted by Gasteiger charge is -2.12. The predicted molar refractivity (Wildman–Crippen MR) is 124 cm³/mol. The smallest absolute Gasteiger partial charge is 0.220 e. The molecule has 2 aromatic carbocycles. The molecule has 0 bridgehead atoms. The van der Waals surface area contributed by atoms with Crippen molar-refractivity contribution in [2.45, 2.75) is 47.1 Å². The molecule has 4 rings (SSSR count). The number of fused-ring (bicyclic) bond motifs is 1. The molecule has 0 aliphatic heterocycles. The molecule has 4 aromatic rings. The lowest BCUT2D eigenvalue weighted by molar-refractivity contribution is -0.121. The molecule has 0 aliphatic rings. The van der Waals surface area contributed by atoms with Gasteiger partial charge in [-0.25, -0.2) is 13.9 Å². The minimum Gasteiger partial charge on any atom is -0.352 e. The summed E-state index contributed by atoms with van der Waals surface area (Å²) in [5, 5.41) is 7.67. The molecule has 5 nitrogen and oxygen atoms in total. The van der Waals surface area contributed by atoms with E-state index in [2.05, 4.69) is 10.4 Å². The van der Waals surface area contributed by atoms with Crippen LogP contribution in [-0.4, -0.2) is 20.5 Å². The first-order valence-corrected chi connectivity index (χ1v) is 10.8. The highest BCUT2D eigenvalue weighted by Crippen LogP contribution is 2.29. The molecule has 0 radical (unpaired) electrons. The zero-order valence-electron chi connectivity index (χ0n) is 18.9. The Bertz CT molecular complexity index is 1270. The van der Waals surface area contributed by atoms with Crippen LogP contribution >= 0.6 is 0 Å². The van der Waals surface area contributed by atoms with Gasteiger partial charge in [0.05, 0.1) is 5.69 Å². The van der Waals surface area contributed by atoms with Crippen LogP contribution in [0.3, 0.4) is 0 Å². The van der Waals surface area contributed by atoms with Crippen molar-refractivity contribution in [3.8, 4) is 11.1 Å². The molecule has 0 atom stereocenters. The maximum absolute atomic E-state index is 13.4. The maximum Gasteiger partial charge on any atom is 0.220 e. The summed E-state index contributed by atoms with van der Waals surface area (Å²) in [5.41, 5.74) is 8.52. The quantitative estimate of drug-likeness (QED) is 0.467. The van der Waals surface area contributed by atoms with Gasteiger partial charge in [-0.05, 0) is 62.9 Å². The summed E-state index contributed by atoms with van der Waals surface area (Å²) in [6.07, 6.45) is 0.969. The molecule has 2 aromatic heterocycles.